The minimum Gasteiger partial charge on any atom is -0.481 e. The molecule has 1 atom stereocenters. The lowest BCUT2D eigenvalue weighted by Crippen LogP contribution is -2.42. The Morgan fingerprint density at radius 3 is 2.27 bits per heavy atom. The fourth-order valence-corrected chi connectivity index (χ4v) is 4.60. The van der Waals surface area contributed by atoms with Crippen LogP contribution in [0.2, 0.25) is 13.1 Å². The molecule has 0 spiro atoms. The lowest BCUT2D eigenvalue weighted by molar-refractivity contribution is -0.134. The average molecular weight is 190 g/mol. The number of carbonyl (C=O) groups is 1. The quantitative estimate of drug-likeness (QED) is 0.687. The summed E-state index contributed by atoms with van der Waals surface area (Å²) < 4.78 is 0. The molecule has 0 aromatic heterocycles. The van der Waals surface area contributed by atoms with Gasteiger partial charge in [-0.2, -0.15) is 11.8 Å². The Bertz CT molecular complexity index is 168. The topological polar surface area (TPSA) is 37.3 Å². The van der Waals surface area contributed by atoms with Gasteiger partial charge in [0.05, 0.1) is 12.9 Å². The van der Waals surface area contributed by atoms with Crippen LogP contribution in [0.4, 0.5) is 0 Å². The molecule has 0 heterocycles. The summed E-state index contributed by atoms with van der Waals surface area (Å²) in [4.78, 5) is 10.4. The highest BCUT2D eigenvalue weighted by Gasteiger charge is 2.33. The van der Waals surface area contributed by atoms with Gasteiger partial charge in [0.25, 0.3) is 0 Å². The van der Waals surface area contributed by atoms with Gasteiger partial charge in [0, 0.05) is 0 Å². The maximum Gasteiger partial charge on any atom is 0.313 e. The molecule has 0 aliphatic carbocycles. The van der Waals surface area contributed by atoms with Crippen molar-refractivity contribution in [2.45, 2.75) is 18.0 Å². The largest absolute Gasteiger partial charge is 0.481 e. The summed E-state index contributed by atoms with van der Waals surface area (Å²) in [5, 5.41) is 8.81. The smallest absolute Gasteiger partial charge is 0.313 e. The van der Waals surface area contributed by atoms with E-state index in [1.165, 1.54) is 11.8 Å². The van der Waals surface area contributed by atoms with E-state index in [-0.39, 0.29) is 4.87 Å². The van der Waals surface area contributed by atoms with Crippen molar-refractivity contribution in [3.63, 3.8) is 0 Å². The summed E-state index contributed by atoms with van der Waals surface area (Å²) in [6.45, 7) is 7.69. The van der Waals surface area contributed by atoms with Gasteiger partial charge in [-0.25, -0.2) is 0 Å². The molecule has 0 rings (SSSR count). The first kappa shape index (κ1) is 10.8. The highest BCUT2D eigenvalue weighted by atomic mass is 32.2. The molecular formula is C7H14O2SSi. The number of hydrogen-bond donors (Lipinski definition) is 1. The van der Waals surface area contributed by atoms with Crippen molar-refractivity contribution in [3.05, 3.63) is 12.3 Å². The number of carboxylic acids is 1. The maximum absolute atomic E-state index is 10.7. The molecule has 0 saturated carbocycles. The van der Waals surface area contributed by atoms with E-state index in [4.69, 9.17) is 5.11 Å². The normalized spacial score (nSPS) is 14.1. The van der Waals surface area contributed by atoms with Crippen molar-refractivity contribution in [2.75, 3.05) is 6.26 Å². The Labute approximate surface area is 72.7 Å². The van der Waals surface area contributed by atoms with Gasteiger partial charge in [-0.05, 0) is 6.26 Å². The molecule has 0 aliphatic heterocycles. The van der Waals surface area contributed by atoms with Gasteiger partial charge in [0.15, 0.2) is 0 Å². The van der Waals surface area contributed by atoms with Gasteiger partial charge in [-0.1, -0.05) is 13.1 Å². The fraction of sp³-hybridized carbons (Fsp3) is 0.571. The van der Waals surface area contributed by atoms with Crippen LogP contribution in [0.5, 0.6) is 0 Å². The van der Waals surface area contributed by atoms with Crippen molar-refractivity contribution < 1.29 is 9.90 Å². The minimum absolute atomic E-state index is 0.264. The van der Waals surface area contributed by atoms with E-state index in [0.29, 0.717) is 0 Å². The average Bonchev–Trinajstić information content (AvgIpc) is 1.88. The molecule has 0 radical (unpaired) electrons. The Hall–Kier alpha value is -0.223. The number of thioether (sulfide) groups is 1. The summed E-state index contributed by atoms with van der Waals surface area (Å²) in [6.07, 6.45) is 1.83. The lowest BCUT2D eigenvalue weighted by atomic mass is 10.8. The monoisotopic (exact) mass is 190 g/mol. The number of carboxylic acid groups (broad SMARTS) is 1. The number of hydrogen-bond acceptors (Lipinski definition) is 2. The van der Waals surface area contributed by atoms with E-state index in [9.17, 15) is 4.79 Å². The minimum atomic E-state index is -1.74. The third-order valence-electron chi connectivity index (χ3n) is 1.66. The predicted molar refractivity (Wildman–Crippen MR) is 52.6 cm³/mol. The van der Waals surface area contributed by atoms with Crippen LogP contribution in [-0.4, -0.2) is 30.3 Å². The molecule has 64 valence electrons. The van der Waals surface area contributed by atoms with E-state index >= 15 is 0 Å². The molecule has 0 aromatic carbocycles. The van der Waals surface area contributed by atoms with Crippen LogP contribution >= 0.6 is 11.8 Å². The Morgan fingerprint density at radius 1 is 1.73 bits per heavy atom. The van der Waals surface area contributed by atoms with Crippen LogP contribution in [0.15, 0.2) is 12.3 Å². The maximum atomic E-state index is 10.7. The van der Waals surface area contributed by atoms with Crippen LogP contribution in [0.3, 0.4) is 0 Å². The molecule has 11 heavy (non-hydrogen) atoms. The van der Waals surface area contributed by atoms with Gasteiger partial charge in [0.1, 0.15) is 0 Å². The van der Waals surface area contributed by atoms with Crippen molar-refractivity contribution >= 4 is 25.8 Å². The molecule has 0 fully saturated rings. The molecular weight excluding hydrogens is 176 g/mol. The molecule has 0 saturated heterocycles. The standard InChI is InChI=1S/C7H14O2SSi/c1-5-11(3,4)7(10-2)6(8)9/h5,7H,1H2,2-4H3,(H,8,9). The van der Waals surface area contributed by atoms with Crippen molar-refractivity contribution in [3.8, 4) is 0 Å². The van der Waals surface area contributed by atoms with Crippen LogP contribution in [0, 0.1) is 0 Å². The second-order valence-electron chi connectivity index (χ2n) is 2.98. The highest BCUT2D eigenvalue weighted by Crippen LogP contribution is 2.20. The second-order valence-corrected chi connectivity index (χ2v) is 8.97. The lowest BCUT2D eigenvalue weighted by Gasteiger charge is -2.23. The predicted octanol–water partition coefficient (Wildman–Crippen LogP) is 1.78. The summed E-state index contributed by atoms with van der Waals surface area (Å²) in [5.74, 6) is -0.714. The molecule has 1 unspecified atom stereocenters. The van der Waals surface area contributed by atoms with E-state index < -0.39 is 14.0 Å². The van der Waals surface area contributed by atoms with E-state index in [2.05, 4.69) is 6.58 Å². The highest BCUT2D eigenvalue weighted by molar-refractivity contribution is 8.01. The third-order valence-corrected chi connectivity index (χ3v) is 7.52. The molecule has 0 amide bonds. The first-order chi connectivity index (χ1) is 4.95. The molecule has 0 bridgehead atoms. The number of rotatable bonds is 4. The number of aliphatic carboxylic acids is 1. The Morgan fingerprint density at radius 2 is 2.18 bits per heavy atom. The summed E-state index contributed by atoms with van der Waals surface area (Å²) >= 11 is 1.40. The SMILES string of the molecule is C=C[Si](C)(C)C(SC)C(=O)O. The first-order valence-electron chi connectivity index (χ1n) is 3.35. The molecule has 1 N–H and O–H groups in total. The third kappa shape index (κ3) is 2.71. The molecule has 2 nitrogen and oxygen atoms in total. The molecule has 0 aliphatic rings. The van der Waals surface area contributed by atoms with Gasteiger partial charge in [-0.3, -0.25) is 4.79 Å². The summed E-state index contributed by atoms with van der Waals surface area (Å²) in [7, 11) is -1.74. The van der Waals surface area contributed by atoms with E-state index in [0.717, 1.165) is 0 Å². The van der Waals surface area contributed by atoms with Gasteiger partial charge in [-0.15, -0.1) is 12.3 Å². The molecule has 0 aromatic rings. The second kappa shape index (κ2) is 3.97. The summed E-state index contributed by atoms with van der Waals surface area (Å²) in [5.41, 5.74) is 1.82. The van der Waals surface area contributed by atoms with Gasteiger partial charge in [0.2, 0.25) is 0 Å². The zero-order chi connectivity index (χ0) is 9.07. The fourth-order valence-electron chi connectivity index (χ4n) is 0.830. The van der Waals surface area contributed by atoms with Gasteiger partial charge < -0.3 is 5.11 Å². The van der Waals surface area contributed by atoms with E-state index in [1.54, 1.807) is 0 Å². The first-order valence-corrected chi connectivity index (χ1v) is 7.79. The zero-order valence-corrected chi connectivity index (χ0v) is 8.94. The van der Waals surface area contributed by atoms with Crippen LogP contribution in [0.1, 0.15) is 0 Å². The van der Waals surface area contributed by atoms with Gasteiger partial charge >= 0.3 is 5.97 Å². The molecule has 4 heteroatoms. The van der Waals surface area contributed by atoms with E-state index in [1.807, 2.05) is 25.0 Å². The zero-order valence-electron chi connectivity index (χ0n) is 7.13. The van der Waals surface area contributed by atoms with Crippen molar-refractivity contribution in [2.24, 2.45) is 0 Å². The van der Waals surface area contributed by atoms with Crippen LogP contribution in [0.25, 0.3) is 0 Å². The van der Waals surface area contributed by atoms with Crippen molar-refractivity contribution in [1.82, 2.24) is 0 Å². The van der Waals surface area contributed by atoms with Crippen molar-refractivity contribution in [1.29, 1.82) is 0 Å². The Kier molecular flexibility index (Phi) is 3.89. The van der Waals surface area contributed by atoms with Crippen LogP contribution in [-0.2, 0) is 4.79 Å². The summed E-state index contributed by atoms with van der Waals surface area (Å²) in [6, 6.07) is 0. The Balaban J connectivity index is 4.48. The van der Waals surface area contributed by atoms with Crippen LogP contribution < -0.4 is 0 Å².